The number of hydrogen-bond donors (Lipinski definition) is 2. The lowest BCUT2D eigenvalue weighted by atomic mass is 10.1. The normalized spacial score (nSPS) is 10.6. The van der Waals surface area contributed by atoms with Gasteiger partial charge in [0.15, 0.2) is 11.5 Å². The predicted octanol–water partition coefficient (Wildman–Crippen LogP) is 5.69. The van der Waals surface area contributed by atoms with Gasteiger partial charge in [0.05, 0.1) is 18.9 Å². The fourth-order valence-corrected chi connectivity index (χ4v) is 3.62. The Morgan fingerprint density at radius 1 is 0.763 bits per heavy atom. The first-order valence-corrected chi connectivity index (χ1v) is 12.2. The molecule has 0 atom stereocenters. The monoisotopic (exact) mass is 571 g/mol. The third kappa shape index (κ3) is 6.92. The minimum absolute atomic E-state index is 0.254. The molecule has 190 valence electrons. The zero-order valence-electron chi connectivity index (χ0n) is 20.2. The number of methoxy groups -OCH3 is 1. The lowest BCUT2D eigenvalue weighted by Gasteiger charge is -2.10. The molecule has 2 N–H and O–H groups in total. The largest absolute Gasteiger partial charge is 0.493 e. The van der Waals surface area contributed by atoms with Crippen LogP contribution in [0.2, 0.25) is 0 Å². The third-order valence-electron chi connectivity index (χ3n) is 5.27. The molecule has 0 aromatic heterocycles. The predicted molar refractivity (Wildman–Crippen MR) is 148 cm³/mol. The summed E-state index contributed by atoms with van der Waals surface area (Å²) in [6.45, 7) is 0. The molecule has 0 aliphatic rings. The van der Waals surface area contributed by atoms with Crippen molar-refractivity contribution < 1.29 is 23.9 Å². The van der Waals surface area contributed by atoms with Crippen molar-refractivity contribution >= 4 is 45.6 Å². The van der Waals surface area contributed by atoms with E-state index in [4.69, 9.17) is 9.47 Å². The number of halogens is 1. The van der Waals surface area contributed by atoms with Crippen LogP contribution in [0.3, 0.4) is 0 Å². The standard InChI is InChI=1S/C29H22BrN3O5/c1-37-26-16-19(10-15-25(26)38-29(36)21-6-3-2-4-7-21)18-31-33-28(35)22-8-5-9-24(17-22)32-27(34)20-11-13-23(30)14-12-20/h2-18H,1H3,(H,32,34)(H,33,35). The molecule has 4 rings (SSSR count). The van der Waals surface area contributed by atoms with Crippen LogP contribution in [-0.2, 0) is 0 Å². The lowest BCUT2D eigenvalue weighted by Crippen LogP contribution is -2.18. The van der Waals surface area contributed by atoms with Gasteiger partial charge in [0.1, 0.15) is 0 Å². The third-order valence-corrected chi connectivity index (χ3v) is 5.80. The number of esters is 1. The number of ether oxygens (including phenoxy) is 2. The van der Waals surface area contributed by atoms with E-state index in [0.717, 1.165) is 4.47 Å². The van der Waals surface area contributed by atoms with E-state index in [2.05, 4.69) is 31.8 Å². The van der Waals surface area contributed by atoms with Crippen molar-refractivity contribution in [3.05, 3.63) is 124 Å². The Bertz CT molecular complexity index is 1490. The summed E-state index contributed by atoms with van der Waals surface area (Å²) >= 11 is 3.34. The summed E-state index contributed by atoms with van der Waals surface area (Å²) in [5.74, 6) is -0.669. The number of carbonyl (C=O) groups excluding carboxylic acids is 3. The van der Waals surface area contributed by atoms with Crippen LogP contribution in [0.1, 0.15) is 36.6 Å². The van der Waals surface area contributed by atoms with Crippen molar-refractivity contribution in [2.75, 3.05) is 12.4 Å². The van der Waals surface area contributed by atoms with Crippen LogP contribution < -0.4 is 20.2 Å². The number of benzene rings is 4. The van der Waals surface area contributed by atoms with E-state index >= 15 is 0 Å². The Kier molecular flexibility index (Phi) is 8.63. The molecule has 0 aliphatic heterocycles. The van der Waals surface area contributed by atoms with Crippen LogP contribution in [0.25, 0.3) is 0 Å². The Morgan fingerprint density at radius 2 is 1.50 bits per heavy atom. The Morgan fingerprint density at radius 3 is 2.24 bits per heavy atom. The van der Waals surface area contributed by atoms with Crippen LogP contribution in [0.4, 0.5) is 5.69 Å². The molecule has 9 heteroatoms. The summed E-state index contributed by atoms with van der Waals surface area (Å²) in [6, 6.07) is 27.0. The zero-order valence-corrected chi connectivity index (χ0v) is 21.8. The molecular weight excluding hydrogens is 550 g/mol. The molecule has 0 unspecified atom stereocenters. The van der Waals surface area contributed by atoms with E-state index < -0.39 is 11.9 Å². The smallest absolute Gasteiger partial charge is 0.343 e. The number of amides is 2. The summed E-state index contributed by atoms with van der Waals surface area (Å²) in [5, 5.41) is 6.77. The van der Waals surface area contributed by atoms with Gasteiger partial charge < -0.3 is 14.8 Å². The number of nitrogens with zero attached hydrogens (tertiary/aromatic N) is 1. The molecule has 38 heavy (non-hydrogen) atoms. The number of nitrogens with one attached hydrogen (secondary N) is 2. The second-order valence-electron chi connectivity index (χ2n) is 7.91. The Balaban J connectivity index is 1.37. The second kappa shape index (κ2) is 12.5. The molecule has 2 amide bonds. The SMILES string of the molecule is COc1cc(C=NNC(=O)c2cccc(NC(=O)c3ccc(Br)cc3)c2)ccc1OC(=O)c1ccccc1. The van der Waals surface area contributed by atoms with E-state index in [1.54, 1.807) is 91.0 Å². The van der Waals surface area contributed by atoms with Crippen LogP contribution in [0, 0.1) is 0 Å². The van der Waals surface area contributed by atoms with E-state index in [9.17, 15) is 14.4 Å². The maximum Gasteiger partial charge on any atom is 0.343 e. The van der Waals surface area contributed by atoms with Gasteiger partial charge in [-0.05, 0) is 78.4 Å². The highest BCUT2D eigenvalue weighted by Crippen LogP contribution is 2.28. The topological polar surface area (TPSA) is 106 Å². The molecule has 0 heterocycles. The molecular formula is C29H22BrN3O5. The van der Waals surface area contributed by atoms with E-state index in [-0.39, 0.29) is 11.7 Å². The minimum atomic E-state index is -0.507. The maximum absolute atomic E-state index is 12.6. The number of hydrogen-bond acceptors (Lipinski definition) is 6. The molecule has 0 aliphatic carbocycles. The molecule has 4 aromatic rings. The summed E-state index contributed by atoms with van der Waals surface area (Å²) in [4.78, 5) is 37.4. The van der Waals surface area contributed by atoms with Crippen molar-refractivity contribution in [1.29, 1.82) is 0 Å². The van der Waals surface area contributed by atoms with Crippen LogP contribution in [-0.4, -0.2) is 31.1 Å². The van der Waals surface area contributed by atoms with Crippen molar-refractivity contribution in [3.8, 4) is 11.5 Å². The van der Waals surface area contributed by atoms with Gasteiger partial charge >= 0.3 is 5.97 Å². The Labute approximate surface area is 227 Å². The highest BCUT2D eigenvalue weighted by atomic mass is 79.9. The molecule has 0 saturated heterocycles. The number of carbonyl (C=O) groups is 3. The van der Waals surface area contributed by atoms with E-state index in [1.807, 2.05) is 6.07 Å². The highest BCUT2D eigenvalue weighted by molar-refractivity contribution is 9.10. The number of anilines is 1. The average molecular weight is 572 g/mol. The summed E-state index contributed by atoms with van der Waals surface area (Å²) in [5.41, 5.74) is 4.76. The van der Waals surface area contributed by atoms with Gasteiger partial charge in [-0.3, -0.25) is 9.59 Å². The first-order chi connectivity index (χ1) is 18.4. The van der Waals surface area contributed by atoms with Gasteiger partial charge in [0.2, 0.25) is 0 Å². The fraction of sp³-hybridized carbons (Fsp3) is 0.0345. The zero-order chi connectivity index (χ0) is 26.9. The fourth-order valence-electron chi connectivity index (χ4n) is 3.35. The van der Waals surface area contributed by atoms with E-state index in [1.165, 1.54) is 13.3 Å². The second-order valence-corrected chi connectivity index (χ2v) is 8.82. The molecule has 4 aromatic carbocycles. The highest BCUT2D eigenvalue weighted by Gasteiger charge is 2.13. The molecule has 0 radical (unpaired) electrons. The number of hydrazone groups is 1. The molecule has 0 bridgehead atoms. The lowest BCUT2D eigenvalue weighted by molar-refractivity contribution is 0.0729. The first kappa shape index (κ1) is 26.3. The quantitative estimate of drug-likeness (QED) is 0.122. The van der Waals surface area contributed by atoms with Crippen molar-refractivity contribution in [3.63, 3.8) is 0 Å². The molecule has 0 fully saturated rings. The number of rotatable bonds is 8. The molecule has 8 nitrogen and oxygen atoms in total. The van der Waals surface area contributed by atoms with Crippen LogP contribution in [0.15, 0.2) is 107 Å². The van der Waals surface area contributed by atoms with Gasteiger partial charge in [-0.25, -0.2) is 10.2 Å². The van der Waals surface area contributed by atoms with Crippen molar-refractivity contribution in [1.82, 2.24) is 5.43 Å². The van der Waals surface area contributed by atoms with Gasteiger partial charge in [0.25, 0.3) is 11.8 Å². The maximum atomic E-state index is 12.6. The van der Waals surface area contributed by atoms with Gasteiger partial charge in [-0.2, -0.15) is 5.10 Å². The summed E-state index contributed by atoms with van der Waals surface area (Å²) in [6.07, 6.45) is 1.43. The summed E-state index contributed by atoms with van der Waals surface area (Å²) < 4.78 is 11.6. The van der Waals surface area contributed by atoms with Gasteiger partial charge in [0, 0.05) is 21.3 Å². The van der Waals surface area contributed by atoms with Gasteiger partial charge in [-0.15, -0.1) is 0 Å². The molecule has 0 saturated carbocycles. The van der Waals surface area contributed by atoms with Crippen LogP contribution in [0.5, 0.6) is 11.5 Å². The summed E-state index contributed by atoms with van der Waals surface area (Å²) in [7, 11) is 1.46. The van der Waals surface area contributed by atoms with Crippen molar-refractivity contribution in [2.24, 2.45) is 5.10 Å². The van der Waals surface area contributed by atoms with E-state index in [0.29, 0.717) is 33.7 Å². The van der Waals surface area contributed by atoms with Crippen LogP contribution >= 0.6 is 15.9 Å². The van der Waals surface area contributed by atoms with Crippen molar-refractivity contribution in [2.45, 2.75) is 0 Å². The van der Waals surface area contributed by atoms with Gasteiger partial charge in [-0.1, -0.05) is 40.2 Å². The first-order valence-electron chi connectivity index (χ1n) is 11.4. The molecule has 0 spiro atoms. The Hall–Kier alpha value is -4.76. The average Bonchev–Trinajstić information content (AvgIpc) is 2.94. The minimum Gasteiger partial charge on any atom is -0.493 e.